The van der Waals surface area contributed by atoms with E-state index in [1.807, 2.05) is 0 Å². The number of nitrogens with one attached hydrogen (secondary N) is 1. The molecule has 0 aliphatic heterocycles. The van der Waals surface area contributed by atoms with Crippen LogP contribution in [0, 0.1) is 0 Å². The van der Waals surface area contributed by atoms with Gasteiger partial charge in [0.05, 0.1) is 6.20 Å². The zero-order valence-corrected chi connectivity index (χ0v) is 7.71. The molecule has 72 valence electrons. The second-order valence-corrected chi connectivity index (χ2v) is 3.02. The molecule has 2 N–H and O–H groups in total. The summed E-state index contributed by atoms with van der Waals surface area (Å²) in [6.45, 7) is 2.12. The lowest BCUT2D eigenvalue weighted by Gasteiger charge is -1.97. The molecule has 1 aromatic heterocycles. The van der Waals surface area contributed by atoms with E-state index < -0.39 is 5.97 Å². The minimum Gasteiger partial charge on any atom is -0.478 e. The van der Waals surface area contributed by atoms with Crippen molar-refractivity contribution in [2.24, 2.45) is 0 Å². The number of nitrogens with zero attached hydrogens (tertiary/aromatic N) is 1. The first-order valence-corrected chi connectivity index (χ1v) is 4.51. The Kier molecular flexibility index (Phi) is 3.49. The number of H-pyrrole nitrogens is 1. The van der Waals surface area contributed by atoms with Crippen LogP contribution in [0.25, 0.3) is 0 Å². The molecular weight excluding hydrogens is 168 g/mol. The smallest absolute Gasteiger partial charge is 0.339 e. The topological polar surface area (TPSA) is 66.0 Å². The fourth-order valence-corrected chi connectivity index (χ4v) is 1.24. The molecule has 0 unspecified atom stereocenters. The molecule has 0 radical (unpaired) electrons. The average molecular weight is 182 g/mol. The minimum atomic E-state index is -0.903. The molecular formula is C9H14N2O2. The molecule has 4 nitrogen and oxygen atoms in total. The summed E-state index contributed by atoms with van der Waals surface area (Å²) in [5.74, 6) is -0.903. The SMILES string of the molecule is CCCCCc1[nH]ncc1C(=O)O. The molecule has 0 bridgehead atoms. The molecule has 0 saturated heterocycles. The number of aromatic amines is 1. The van der Waals surface area contributed by atoms with Gasteiger partial charge in [-0.05, 0) is 12.8 Å². The lowest BCUT2D eigenvalue weighted by molar-refractivity contribution is 0.0695. The summed E-state index contributed by atoms with van der Waals surface area (Å²) >= 11 is 0. The van der Waals surface area contributed by atoms with Crippen molar-refractivity contribution < 1.29 is 9.90 Å². The highest BCUT2D eigenvalue weighted by Crippen LogP contribution is 2.09. The molecule has 1 rings (SSSR count). The summed E-state index contributed by atoms with van der Waals surface area (Å²) in [6, 6.07) is 0. The number of carbonyl (C=O) groups is 1. The van der Waals surface area contributed by atoms with Gasteiger partial charge in [0.15, 0.2) is 0 Å². The number of hydrogen-bond acceptors (Lipinski definition) is 2. The molecule has 0 aliphatic carbocycles. The van der Waals surface area contributed by atoms with Crippen molar-refractivity contribution >= 4 is 5.97 Å². The molecule has 4 heteroatoms. The largest absolute Gasteiger partial charge is 0.478 e. The van der Waals surface area contributed by atoms with E-state index in [9.17, 15) is 4.79 Å². The maximum absolute atomic E-state index is 10.7. The van der Waals surface area contributed by atoms with E-state index in [0.717, 1.165) is 31.4 Å². The van der Waals surface area contributed by atoms with Gasteiger partial charge < -0.3 is 5.11 Å². The third kappa shape index (κ3) is 2.57. The molecule has 0 saturated carbocycles. The van der Waals surface area contributed by atoms with Crippen molar-refractivity contribution in [2.45, 2.75) is 32.6 Å². The van der Waals surface area contributed by atoms with Crippen LogP contribution < -0.4 is 0 Å². The Balaban J connectivity index is 2.55. The van der Waals surface area contributed by atoms with Crippen LogP contribution in [0.1, 0.15) is 42.2 Å². The number of aryl methyl sites for hydroxylation is 1. The van der Waals surface area contributed by atoms with Gasteiger partial charge in [0.25, 0.3) is 0 Å². The maximum atomic E-state index is 10.7. The molecule has 0 fully saturated rings. The first-order chi connectivity index (χ1) is 6.25. The fraction of sp³-hybridized carbons (Fsp3) is 0.556. The summed E-state index contributed by atoms with van der Waals surface area (Å²) < 4.78 is 0. The minimum absolute atomic E-state index is 0.302. The van der Waals surface area contributed by atoms with Crippen LogP contribution in [0.2, 0.25) is 0 Å². The van der Waals surface area contributed by atoms with Gasteiger partial charge in [-0.15, -0.1) is 0 Å². The molecule has 0 spiro atoms. The van der Waals surface area contributed by atoms with Gasteiger partial charge in [-0.25, -0.2) is 4.79 Å². The summed E-state index contributed by atoms with van der Waals surface area (Å²) in [5, 5.41) is 15.2. The summed E-state index contributed by atoms with van der Waals surface area (Å²) in [6.07, 6.45) is 5.41. The van der Waals surface area contributed by atoms with Crippen LogP contribution >= 0.6 is 0 Å². The Hall–Kier alpha value is -1.32. The van der Waals surface area contributed by atoms with Gasteiger partial charge in [0.1, 0.15) is 5.56 Å². The molecule has 13 heavy (non-hydrogen) atoms. The van der Waals surface area contributed by atoms with Gasteiger partial charge in [0, 0.05) is 5.69 Å². The molecule has 1 aromatic rings. The number of aromatic carboxylic acids is 1. The predicted molar refractivity (Wildman–Crippen MR) is 48.8 cm³/mol. The van der Waals surface area contributed by atoms with Crippen LogP contribution in [-0.2, 0) is 6.42 Å². The molecule has 0 amide bonds. The van der Waals surface area contributed by atoms with Crippen molar-refractivity contribution in [2.75, 3.05) is 0 Å². The number of rotatable bonds is 5. The third-order valence-electron chi connectivity index (χ3n) is 1.98. The summed E-state index contributed by atoms with van der Waals surface area (Å²) in [5.41, 5.74) is 1.04. The Labute approximate surface area is 77.0 Å². The van der Waals surface area contributed by atoms with Crippen LogP contribution in [-0.4, -0.2) is 21.3 Å². The maximum Gasteiger partial charge on any atom is 0.339 e. The van der Waals surface area contributed by atoms with Crippen molar-refractivity contribution in [1.82, 2.24) is 10.2 Å². The zero-order chi connectivity index (χ0) is 9.68. The highest BCUT2D eigenvalue weighted by atomic mass is 16.4. The number of carboxylic acid groups (broad SMARTS) is 1. The third-order valence-corrected chi connectivity index (χ3v) is 1.98. The fourth-order valence-electron chi connectivity index (χ4n) is 1.24. The van der Waals surface area contributed by atoms with Crippen LogP contribution in [0.15, 0.2) is 6.20 Å². The van der Waals surface area contributed by atoms with E-state index in [4.69, 9.17) is 5.11 Å². The van der Waals surface area contributed by atoms with Crippen LogP contribution in [0.4, 0.5) is 0 Å². The van der Waals surface area contributed by atoms with Gasteiger partial charge in [-0.1, -0.05) is 19.8 Å². The van der Waals surface area contributed by atoms with E-state index in [1.54, 1.807) is 0 Å². The highest BCUT2D eigenvalue weighted by Gasteiger charge is 2.10. The second-order valence-electron chi connectivity index (χ2n) is 3.02. The van der Waals surface area contributed by atoms with Gasteiger partial charge in [0.2, 0.25) is 0 Å². The van der Waals surface area contributed by atoms with E-state index in [1.165, 1.54) is 6.20 Å². The highest BCUT2D eigenvalue weighted by molar-refractivity contribution is 5.88. The monoisotopic (exact) mass is 182 g/mol. The van der Waals surface area contributed by atoms with Crippen LogP contribution in [0.5, 0.6) is 0 Å². The Morgan fingerprint density at radius 2 is 2.38 bits per heavy atom. The van der Waals surface area contributed by atoms with Crippen molar-refractivity contribution in [1.29, 1.82) is 0 Å². The lowest BCUT2D eigenvalue weighted by Crippen LogP contribution is -1.99. The first-order valence-electron chi connectivity index (χ1n) is 4.51. The number of hydrogen-bond donors (Lipinski definition) is 2. The van der Waals surface area contributed by atoms with Gasteiger partial charge >= 0.3 is 5.97 Å². The second kappa shape index (κ2) is 4.64. The van der Waals surface area contributed by atoms with Crippen molar-refractivity contribution in [3.8, 4) is 0 Å². The molecule has 0 aliphatic rings. The number of unbranched alkanes of at least 4 members (excludes halogenated alkanes) is 2. The molecule has 0 atom stereocenters. The van der Waals surface area contributed by atoms with E-state index >= 15 is 0 Å². The van der Waals surface area contributed by atoms with E-state index in [2.05, 4.69) is 17.1 Å². The van der Waals surface area contributed by atoms with Crippen molar-refractivity contribution in [3.05, 3.63) is 17.5 Å². The summed E-state index contributed by atoms with van der Waals surface area (Å²) in [4.78, 5) is 10.7. The standard InChI is InChI=1S/C9H14N2O2/c1-2-3-4-5-8-7(9(12)13)6-10-11-8/h6H,2-5H2,1H3,(H,10,11)(H,12,13). The van der Waals surface area contributed by atoms with Crippen LogP contribution in [0.3, 0.4) is 0 Å². The van der Waals surface area contributed by atoms with E-state index in [-0.39, 0.29) is 0 Å². The Morgan fingerprint density at radius 3 is 3.00 bits per heavy atom. The summed E-state index contributed by atoms with van der Waals surface area (Å²) in [7, 11) is 0. The number of carboxylic acids is 1. The number of aromatic nitrogens is 2. The van der Waals surface area contributed by atoms with Gasteiger partial charge in [-0.3, -0.25) is 5.10 Å². The lowest BCUT2D eigenvalue weighted by atomic mass is 10.1. The van der Waals surface area contributed by atoms with Gasteiger partial charge in [-0.2, -0.15) is 5.10 Å². The first kappa shape index (κ1) is 9.77. The molecule has 1 heterocycles. The Morgan fingerprint density at radius 1 is 1.62 bits per heavy atom. The normalized spacial score (nSPS) is 10.2. The molecule has 0 aromatic carbocycles. The Bertz CT molecular complexity index is 281. The van der Waals surface area contributed by atoms with Crippen molar-refractivity contribution in [3.63, 3.8) is 0 Å². The quantitative estimate of drug-likeness (QED) is 0.683. The zero-order valence-electron chi connectivity index (χ0n) is 7.71. The average Bonchev–Trinajstić information content (AvgIpc) is 2.53. The predicted octanol–water partition coefficient (Wildman–Crippen LogP) is 1.84. The van der Waals surface area contributed by atoms with E-state index in [0.29, 0.717) is 5.56 Å².